The van der Waals surface area contributed by atoms with E-state index in [1.807, 2.05) is 24.0 Å². The van der Waals surface area contributed by atoms with Crippen molar-refractivity contribution in [3.63, 3.8) is 0 Å². The fraction of sp³-hybridized carbons (Fsp3) is 0.606. The summed E-state index contributed by atoms with van der Waals surface area (Å²) in [5.74, 6) is 3.00. The Bertz CT molecular complexity index is 1140. The Morgan fingerprint density at radius 1 is 1.07 bits per heavy atom. The van der Waals surface area contributed by atoms with E-state index in [9.17, 15) is 0 Å². The van der Waals surface area contributed by atoms with Crippen LogP contribution in [0.15, 0.2) is 53.1 Å². The van der Waals surface area contributed by atoms with Crippen molar-refractivity contribution < 1.29 is 14.2 Å². The number of morpholine rings is 1. The smallest absolute Gasteiger partial charge is 0.144 e. The molecule has 0 spiro atoms. The molecule has 218 valence electrons. The van der Waals surface area contributed by atoms with Crippen LogP contribution in [0.5, 0.6) is 5.75 Å². The van der Waals surface area contributed by atoms with Crippen LogP contribution >= 0.6 is 11.8 Å². The van der Waals surface area contributed by atoms with Gasteiger partial charge in [0.1, 0.15) is 11.4 Å². The second-order valence-electron chi connectivity index (χ2n) is 11.6. The Morgan fingerprint density at radius 3 is 2.67 bits per heavy atom. The number of allylic oxidation sites excluding steroid dienone is 1. The first kappa shape index (κ1) is 29.3. The summed E-state index contributed by atoms with van der Waals surface area (Å²) in [5.41, 5.74) is 3.73. The van der Waals surface area contributed by atoms with Gasteiger partial charge < -0.3 is 24.0 Å². The lowest BCUT2D eigenvalue weighted by molar-refractivity contribution is 0.0579. The molecule has 3 aliphatic rings. The van der Waals surface area contributed by atoms with E-state index in [2.05, 4.69) is 46.9 Å². The van der Waals surface area contributed by atoms with Crippen molar-refractivity contribution in [3.8, 4) is 5.75 Å². The first-order valence-electron chi connectivity index (χ1n) is 15.2. The summed E-state index contributed by atoms with van der Waals surface area (Å²) in [6.07, 6.45) is 10.5. The van der Waals surface area contributed by atoms with Crippen molar-refractivity contribution in [2.24, 2.45) is 17.8 Å². The number of nitrogens with zero attached hydrogens (tertiary/aromatic N) is 3. The lowest BCUT2D eigenvalue weighted by atomic mass is 9.77. The molecule has 4 heterocycles. The zero-order valence-electron chi connectivity index (χ0n) is 24.5. The number of fused-ring (bicyclic) bond motifs is 1. The fourth-order valence-electron chi connectivity index (χ4n) is 6.75. The fourth-order valence-corrected chi connectivity index (χ4v) is 7.58. The summed E-state index contributed by atoms with van der Waals surface area (Å²) in [5, 5.41) is 4.73. The minimum atomic E-state index is 0.598. The second kappa shape index (κ2) is 14.6. The molecule has 3 aliphatic heterocycles. The summed E-state index contributed by atoms with van der Waals surface area (Å²) in [7, 11) is 1.77. The molecule has 6 nitrogen and oxygen atoms in total. The molecule has 0 aliphatic carbocycles. The van der Waals surface area contributed by atoms with Crippen molar-refractivity contribution in [2.45, 2.75) is 51.9 Å². The van der Waals surface area contributed by atoms with Gasteiger partial charge in [-0.1, -0.05) is 30.0 Å². The first-order chi connectivity index (χ1) is 19.6. The lowest BCUT2D eigenvalue weighted by Crippen LogP contribution is -2.34. The number of methoxy groups -OCH3 is 1. The molecule has 2 unspecified atom stereocenters. The number of rotatable bonds is 10. The maximum Gasteiger partial charge on any atom is 0.144 e. The number of hydrogen-bond donors (Lipinski definition) is 0. The van der Waals surface area contributed by atoms with Crippen LogP contribution in [0.1, 0.15) is 51.9 Å². The SMILES string of the molecule is C=C(S/C=C(\C)C(CCC1CCOCC1)C1CCCN(c2c(OC)ccc3cccnc23)CC1)N1CCOCC1. The number of aromatic nitrogens is 1. The van der Waals surface area contributed by atoms with Gasteiger partial charge in [0.15, 0.2) is 0 Å². The highest BCUT2D eigenvalue weighted by Gasteiger charge is 2.29. The van der Waals surface area contributed by atoms with E-state index >= 15 is 0 Å². The summed E-state index contributed by atoms with van der Waals surface area (Å²) in [4.78, 5) is 9.68. The normalized spacial score (nSPS) is 22.2. The Hall–Kier alpha value is -2.22. The Morgan fingerprint density at radius 2 is 1.88 bits per heavy atom. The van der Waals surface area contributed by atoms with E-state index < -0.39 is 0 Å². The summed E-state index contributed by atoms with van der Waals surface area (Å²) >= 11 is 1.81. The predicted molar refractivity (Wildman–Crippen MR) is 167 cm³/mol. The van der Waals surface area contributed by atoms with E-state index in [1.54, 1.807) is 7.11 Å². The van der Waals surface area contributed by atoms with Crippen LogP contribution in [0.4, 0.5) is 5.69 Å². The Labute approximate surface area is 245 Å². The number of benzene rings is 1. The molecule has 40 heavy (non-hydrogen) atoms. The van der Waals surface area contributed by atoms with E-state index in [0.717, 1.165) is 80.5 Å². The van der Waals surface area contributed by atoms with Crippen molar-refractivity contribution in [2.75, 3.05) is 64.6 Å². The highest BCUT2D eigenvalue weighted by Crippen LogP contribution is 2.41. The van der Waals surface area contributed by atoms with Gasteiger partial charge in [-0.15, -0.1) is 0 Å². The van der Waals surface area contributed by atoms with Gasteiger partial charge in [-0.05, 0) is 93.2 Å². The summed E-state index contributed by atoms with van der Waals surface area (Å²) in [6, 6.07) is 8.38. The average molecular weight is 566 g/mol. The predicted octanol–water partition coefficient (Wildman–Crippen LogP) is 7.11. The van der Waals surface area contributed by atoms with Gasteiger partial charge in [-0.25, -0.2) is 0 Å². The number of ether oxygens (including phenoxy) is 3. The number of pyridine rings is 1. The minimum Gasteiger partial charge on any atom is -0.494 e. The quantitative estimate of drug-likeness (QED) is 0.304. The third-order valence-corrected chi connectivity index (χ3v) is 10.2. The minimum absolute atomic E-state index is 0.598. The van der Waals surface area contributed by atoms with E-state index in [0.29, 0.717) is 11.8 Å². The maximum absolute atomic E-state index is 5.85. The van der Waals surface area contributed by atoms with E-state index in [-0.39, 0.29) is 0 Å². The Kier molecular flexibility index (Phi) is 10.7. The third-order valence-electron chi connectivity index (χ3n) is 9.15. The zero-order chi connectivity index (χ0) is 27.7. The molecule has 2 aromatic rings. The number of thioether (sulfide) groups is 1. The van der Waals surface area contributed by atoms with Gasteiger partial charge in [0, 0.05) is 51.0 Å². The van der Waals surface area contributed by atoms with Gasteiger partial charge in [0.25, 0.3) is 0 Å². The van der Waals surface area contributed by atoms with E-state index in [4.69, 9.17) is 19.2 Å². The van der Waals surface area contributed by atoms with Crippen LogP contribution in [0.3, 0.4) is 0 Å². The molecule has 7 heteroatoms. The molecule has 5 rings (SSSR count). The van der Waals surface area contributed by atoms with Crippen molar-refractivity contribution in [1.29, 1.82) is 0 Å². The van der Waals surface area contributed by atoms with Crippen LogP contribution in [0.25, 0.3) is 10.9 Å². The highest BCUT2D eigenvalue weighted by atomic mass is 32.2. The van der Waals surface area contributed by atoms with Gasteiger partial charge in [-0.3, -0.25) is 4.98 Å². The number of hydrogen-bond acceptors (Lipinski definition) is 7. The largest absolute Gasteiger partial charge is 0.494 e. The average Bonchev–Trinajstić information content (AvgIpc) is 3.26. The summed E-state index contributed by atoms with van der Waals surface area (Å²) in [6.45, 7) is 14.2. The molecule has 3 saturated heterocycles. The van der Waals surface area contributed by atoms with Crippen LogP contribution in [-0.4, -0.2) is 69.6 Å². The summed E-state index contributed by atoms with van der Waals surface area (Å²) < 4.78 is 17.0. The van der Waals surface area contributed by atoms with Crippen molar-refractivity contribution >= 4 is 28.4 Å². The number of anilines is 1. The molecule has 2 atom stereocenters. The van der Waals surface area contributed by atoms with Gasteiger partial charge in [0.05, 0.1) is 30.9 Å². The second-order valence-corrected chi connectivity index (χ2v) is 12.5. The van der Waals surface area contributed by atoms with Crippen LogP contribution in [0, 0.1) is 17.8 Å². The molecular formula is C33H47N3O3S. The van der Waals surface area contributed by atoms with E-state index in [1.165, 1.54) is 55.9 Å². The zero-order valence-corrected chi connectivity index (χ0v) is 25.3. The molecule has 0 amide bonds. The molecule has 0 saturated carbocycles. The van der Waals surface area contributed by atoms with Crippen molar-refractivity contribution in [1.82, 2.24) is 9.88 Å². The molecule has 1 aromatic heterocycles. The monoisotopic (exact) mass is 565 g/mol. The van der Waals surface area contributed by atoms with Gasteiger partial charge >= 0.3 is 0 Å². The van der Waals surface area contributed by atoms with Gasteiger partial charge in [-0.2, -0.15) is 0 Å². The van der Waals surface area contributed by atoms with Gasteiger partial charge in [0.2, 0.25) is 0 Å². The van der Waals surface area contributed by atoms with Crippen LogP contribution < -0.4 is 9.64 Å². The first-order valence-corrected chi connectivity index (χ1v) is 16.1. The molecule has 0 radical (unpaired) electrons. The topological polar surface area (TPSA) is 47.1 Å². The van der Waals surface area contributed by atoms with Crippen LogP contribution in [0.2, 0.25) is 0 Å². The van der Waals surface area contributed by atoms with Crippen molar-refractivity contribution in [3.05, 3.63) is 53.1 Å². The molecule has 0 N–H and O–H groups in total. The maximum atomic E-state index is 5.85. The molecular weight excluding hydrogens is 518 g/mol. The molecule has 3 fully saturated rings. The Balaban J connectivity index is 1.31. The van der Waals surface area contributed by atoms with Crippen LogP contribution in [-0.2, 0) is 9.47 Å². The molecule has 1 aromatic carbocycles. The molecule has 0 bridgehead atoms. The standard InChI is InChI=1S/C33H47N3O3S/c1-25(24-40-26(2)35-18-22-39-23-19-35)30(10-8-27-13-20-38-21-14-27)28-7-5-16-36(17-12-28)33-31(37-3)11-9-29-6-4-15-34-32(29)33/h4,6,9,11,15,24,27-28,30H,2,5,7-8,10,12-14,16-23H2,1,3H3/b25-24+. The third kappa shape index (κ3) is 7.34. The lowest BCUT2D eigenvalue weighted by Gasteiger charge is -2.31. The highest BCUT2D eigenvalue weighted by molar-refractivity contribution is 8.05.